The molecule has 1 N–H and O–H groups in total. The predicted octanol–water partition coefficient (Wildman–Crippen LogP) is 2.48. The molecule has 1 fully saturated rings. The number of hydrogen-bond donors (Lipinski definition) is 1. The number of nitriles is 1. The summed E-state index contributed by atoms with van der Waals surface area (Å²) < 4.78 is 0.626. The topological polar surface area (TPSA) is 48.7 Å². The van der Waals surface area contributed by atoms with Crippen LogP contribution in [0.3, 0.4) is 0 Å². The van der Waals surface area contributed by atoms with Gasteiger partial charge in [0, 0.05) is 12.2 Å². The van der Waals surface area contributed by atoms with Crippen molar-refractivity contribution in [3.63, 3.8) is 0 Å². The number of nitrogens with one attached hydrogen (secondary N) is 1. The second-order valence-corrected chi connectivity index (χ2v) is 5.33. The summed E-state index contributed by atoms with van der Waals surface area (Å²) in [5.41, 5.74) is 3.01. The van der Waals surface area contributed by atoms with Crippen LogP contribution >= 0.6 is 15.9 Å². The molecule has 86 valence electrons. The molecule has 3 nitrogen and oxygen atoms in total. The fraction of sp³-hybridized carbons (Fsp3) is 0.385. The lowest BCUT2D eigenvalue weighted by Crippen LogP contribution is -2.22. The van der Waals surface area contributed by atoms with E-state index in [1.54, 1.807) is 0 Å². The summed E-state index contributed by atoms with van der Waals surface area (Å²) in [5, 5.41) is 12.5. The molecule has 0 radical (unpaired) electrons. The van der Waals surface area contributed by atoms with Gasteiger partial charge in [-0.3, -0.25) is 0 Å². The summed E-state index contributed by atoms with van der Waals surface area (Å²) in [7, 11) is 0. The first kappa shape index (κ1) is 10.9. The zero-order chi connectivity index (χ0) is 11.8. The van der Waals surface area contributed by atoms with Crippen LogP contribution in [-0.2, 0) is 0 Å². The number of hydrogen-bond acceptors (Lipinski definition) is 3. The SMILES string of the molecule is N#Cc1cc(C2=CC3CCNC3C2)cnc1Br. The van der Waals surface area contributed by atoms with Gasteiger partial charge < -0.3 is 5.32 Å². The Bertz CT molecular complexity index is 530. The van der Waals surface area contributed by atoms with Crippen molar-refractivity contribution in [2.24, 2.45) is 5.92 Å². The Kier molecular flexibility index (Phi) is 2.73. The first-order chi connectivity index (χ1) is 8.28. The number of halogens is 1. The van der Waals surface area contributed by atoms with E-state index in [9.17, 15) is 0 Å². The Balaban J connectivity index is 1.93. The average Bonchev–Trinajstić information content (AvgIpc) is 2.90. The summed E-state index contributed by atoms with van der Waals surface area (Å²) in [6.45, 7) is 1.13. The van der Waals surface area contributed by atoms with Gasteiger partial charge in [0.15, 0.2) is 0 Å². The molecule has 2 atom stereocenters. The lowest BCUT2D eigenvalue weighted by molar-refractivity contribution is 0.563. The highest BCUT2D eigenvalue weighted by atomic mass is 79.9. The third-order valence-corrected chi connectivity index (χ3v) is 4.22. The van der Waals surface area contributed by atoms with E-state index < -0.39 is 0 Å². The molecule has 2 heterocycles. The molecule has 2 aliphatic rings. The van der Waals surface area contributed by atoms with Crippen molar-refractivity contribution >= 4 is 21.5 Å². The summed E-state index contributed by atoms with van der Waals surface area (Å²) in [5.74, 6) is 0.666. The van der Waals surface area contributed by atoms with Crippen molar-refractivity contribution in [1.82, 2.24) is 10.3 Å². The Hall–Kier alpha value is -1.18. The van der Waals surface area contributed by atoms with Crippen molar-refractivity contribution in [3.8, 4) is 6.07 Å². The number of nitrogens with zero attached hydrogens (tertiary/aromatic N) is 2. The maximum Gasteiger partial charge on any atom is 0.123 e. The zero-order valence-electron chi connectivity index (χ0n) is 9.28. The highest BCUT2D eigenvalue weighted by Crippen LogP contribution is 2.36. The van der Waals surface area contributed by atoms with Crippen LogP contribution in [0.2, 0.25) is 0 Å². The minimum atomic E-state index is 0.596. The van der Waals surface area contributed by atoms with Crippen LogP contribution in [0.25, 0.3) is 5.57 Å². The van der Waals surface area contributed by atoms with Gasteiger partial charge in [-0.05, 0) is 58.4 Å². The van der Waals surface area contributed by atoms with Gasteiger partial charge in [0.1, 0.15) is 10.7 Å². The van der Waals surface area contributed by atoms with Gasteiger partial charge in [-0.1, -0.05) is 6.08 Å². The second-order valence-electron chi connectivity index (χ2n) is 4.58. The van der Waals surface area contributed by atoms with Crippen LogP contribution < -0.4 is 5.32 Å². The van der Waals surface area contributed by atoms with Gasteiger partial charge in [-0.2, -0.15) is 5.26 Å². The van der Waals surface area contributed by atoms with Crippen LogP contribution in [0.5, 0.6) is 0 Å². The first-order valence-corrected chi connectivity index (χ1v) is 6.57. The van der Waals surface area contributed by atoms with Crippen molar-refractivity contribution in [3.05, 3.63) is 34.1 Å². The average molecular weight is 290 g/mol. The van der Waals surface area contributed by atoms with E-state index in [1.807, 2.05) is 12.3 Å². The van der Waals surface area contributed by atoms with Gasteiger partial charge >= 0.3 is 0 Å². The molecule has 0 aromatic carbocycles. The number of pyridine rings is 1. The maximum atomic E-state index is 9.00. The molecular formula is C13H12BrN3. The molecule has 4 heteroatoms. The third kappa shape index (κ3) is 1.90. The third-order valence-electron chi connectivity index (χ3n) is 3.59. The van der Waals surface area contributed by atoms with Crippen molar-refractivity contribution in [2.45, 2.75) is 18.9 Å². The van der Waals surface area contributed by atoms with E-state index >= 15 is 0 Å². The largest absolute Gasteiger partial charge is 0.313 e. The lowest BCUT2D eigenvalue weighted by atomic mass is 10.0. The highest BCUT2D eigenvalue weighted by Gasteiger charge is 2.31. The summed E-state index contributed by atoms with van der Waals surface area (Å²) in [6, 6.07) is 4.67. The Morgan fingerprint density at radius 3 is 3.18 bits per heavy atom. The second kappa shape index (κ2) is 4.25. The zero-order valence-corrected chi connectivity index (χ0v) is 10.9. The smallest absolute Gasteiger partial charge is 0.123 e. The Labute approximate surface area is 109 Å². The highest BCUT2D eigenvalue weighted by molar-refractivity contribution is 9.10. The summed E-state index contributed by atoms with van der Waals surface area (Å²) in [4.78, 5) is 4.22. The molecule has 17 heavy (non-hydrogen) atoms. The molecule has 1 saturated heterocycles. The van der Waals surface area contributed by atoms with E-state index in [4.69, 9.17) is 5.26 Å². The minimum absolute atomic E-state index is 0.596. The van der Waals surface area contributed by atoms with Gasteiger partial charge in [0.2, 0.25) is 0 Å². The van der Waals surface area contributed by atoms with Crippen molar-refractivity contribution < 1.29 is 0 Å². The molecule has 0 saturated carbocycles. The molecule has 0 bridgehead atoms. The number of rotatable bonds is 1. The molecule has 1 aromatic heterocycles. The Morgan fingerprint density at radius 1 is 1.53 bits per heavy atom. The molecule has 3 rings (SSSR count). The van der Waals surface area contributed by atoms with E-state index in [0.29, 0.717) is 22.1 Å². The molecule has 1 aromatic rings. The van der Waals surface area contributed by atoms with Crippen LogP contribution in [-0.4, -0.2) is 17.6 Å². The van der Waals surface area contributed by atoms with Gasteiger partial charge in [0.05, 0.1) is 5.56 Å². The van der Waals surface area contributed by atoms with Crippen LogP contribution in [0.4, 0.5) is 0 Å². The van der Waals surface area contributed by atoms with Crippen LogP contribution in [0.1, 0.15) is 24.0 Å². The van der Waals surface area contributed by atoms with Crippen LogP contribution in [0.15, 0.2) is 22.9 Å². The number of aromatic nitrogens is 1. The normalized spacial score (nSPS) is 26.5. The van der Waals surface area contributed by atoms with Gasteiger partial charge in [-0.15, -0.1) is 0 Å². The van der Waals surface area contributed by atoms with E-state index in [-0.39, 0.29) is 0 Å². The molecular weight excluding hydrogens is 278 g/mol. The molecule has 2 unspecified atom stereocenters. The van der Waals surface area contributed by atoms with Crippen molar-refractivity contribution in [1.29, 1.82) is 5.26 Å². The fourth-order valence-electron chi connectivity index (χ4n) is 2.69. The van der Waals surface area contributed by atoms with E-state index in [2.05, 4.69) is 38.4 Å². The summed E-state index contributed by atoms with van der Waals surface area (Å²) >= 11 is 3.28. The molecule has 1 aliphatic heterocycles. The fourth-order valence-corrected chi connectivity index (χ4v) is 3.00. The predicted molar refractivity (Wildman–Crippen MR) is 69.1 cm³/mol. The molecule has 1 aliphatic carbocycles. The lowest BCUT2D eigenvalue weighted by Gasteiger charge is -2.08. The van der Waals surface area contributed by atoms with Gasteiger partial charge in [-0.25, -0.2) is 4.98 Å². The molecule has 0 amide bonds. The number of fused-ring (bicyclic) bond motifs is 1. The van der Waals surface area contributed by atoms with E-state index in [1.165, 1.54) is 12.0 Å². The molecule has 0 spiro atoms. The quantitative estimate of drug-likeness (QED) is 0.808. The standard InChI is InChI=1S/C13H12BrN3/c14-13-10(6-15)4-11(7-17-13)9-3-8-1-2-16-12(8)5-9/h3-4,7-8,12,16H,1-2,5H2. The Morgan fingerprint density at radius 2 is 2.41 bits per heavy atom. The monoisotopic (exact) mass is 289 g/mol. The maximum absolute atomic E-state index is 9.00. The van der Waals surface area contributed by atoms with Crippen molar-refractivity contribution in [2.75, 3.05) is 6.54 Å². The summed E-state index contributed by atoms with van der Waals surface area (Å²) in [6.07, 6.45) is 6.47. The van der Waals surface area contributed by atoms with Gasteiger partial charge in [0.25, 0.3) is 0 Å². The first-order valence-electron chi connectivity index (χ1n) is 5.78. The van der Waals surface area contributed by atoms with Crippen LogP contribution in [0, 0.1) is 17.2 Å². The minimum Gasteiger partial charge on any atom is -0.313 e. The van der Waals surface area contributed by atoms with E-state index in [0.717, 1.165) is 18.5 Å².